The van der Waals surface area contributed by atoms with Gasteiger partial charge < -0.3 is 19.2 Å². The molecule has 0 aliphatic carbocycles. The summed E-state index contributed by atoms with van der Waals surface area (Å²) in [6, 6.07) is 14.0. The Morgan fingerprint density at radius 2 is 1.79 bits per heavy atom. The number of carbonyl (C=O) groups excluding carboxylic acids is 1. The van der Waals surface area contributed by atoms with Gasteiger partial charge in [-0.2, -0.15) is 0 Å². The number of ether oxygens (including phenoxy) is 2. The largest absolute Gasteiger partial charge is 0.486 e. The Hall–Kier alpha value is -2.89. The molecule has 1 amide bonds. The topological polar surface area (TPSA) is 60.7 Å². The van der Waals surface area contributed by atoms with Crippen molar-refractivity contribution >= 4 is 40.9 Å². The van der Waals surface area contributed by atoms with Gasteiger partial charge >= 0.3 is 0 Å². The van der Waals surface area contributed by atoms with Gasteiger partial charge in [-0.05, 0) is 48.5 Å². The van der Waals surface area contributed by atoms with E-state index in [1.807, 2.05) is 0 Å². The van der Waals surface area contributed by atoms with E-state index in [1.54, 1.807) is 54.6 Å². The van der Waals surface area contributed by atoms with E-state index in [0.29, 0.717) is 52.0 Å². The molecule has 0 bridgehead atoms. The molecule has 0 atom stereocenters. The molecule has 0 fully saturated rings. The van der Waals surface area contributed by atoms with Gasteiger partial charge in [-0.1, -0.05) is 23.2 Å². The number of furan rings is 1. The fraction of sp³-hybridized carbons (Fsp3) is 0.0952. The zero-order chi connectivity index (χ0) is 19.5. The first kappa shape index (κ1) is 18.5. The molecule has 0 saturated heterocycles. The van der Waals surface area contributed by atoms with E-state index in [-0.39, 0.29) is 5.91 Å². The first-order valence-corrected chi connectivity index (χ1v) is 9.28. The molecule has 0 spiro atoms. The average molecular weight is 416 g/mol. The number of amides is 1. The molecule has 0 radical (unpaired) electrons. The van der Waals surface area contributed by atoms with Crippen LogP contribution in [0.2, 0.25) is 10.0 Å². The molecule has 3 aromatic rings. The monoisotopic (exact) mass is 415 g/mol. The van der Waals surface area contributed by atoms with Gasteiger partial charge in [0.15, 0.2) is 11.5 Å². The maximum atomic E-state index is 12.2. The van der Waals surface area contributed by atoms with Crippen LogP contribution in [-0.4, -0.2) is 19.1 Å². The summed E-state index contributed by atoms with van der Waals surface area (Å²) in [6.07, 6.45) is 2.98. The van der Waals surface area contributed by atoms with Gasteiger partial charge in [0.1, 0.15) is 24.7 Å². The van der Waals surface area contributed by atoms with Gasteiger partial charge in [0, 0.05) is 28.4 Å². The highest BCUT2D eigenvalue weighted by atomic mass is 35.5. The van der Waals surface area contributed by atoms with Gasteiger partial charge in [-0.15, -0.1) is 0 Å². The van der Waals surface area contributed by atoms with Crippen LogP contribution in [0.25, 0.3) is 17.4 Å². The number of fused-ring (bicyclic) bond motifs is 1. The van der Waals surface area contributed by atoms with Gasteiger partial charge in [0.05, 0.1) is 5.02 Å². The highest BCUT2D eigenvalue weighted by Gasteiger charge is 2.12. The number of hydrogen-bond donors (Lipinski definition) is 1. The van der Waals surface area contributed by atoms with Gasteiger partial charge in [0.2, 0.25) is 5.91 Å². The van der Waals surface area contributed by atoms with E-state index >= 15 is 0 Å². The van der Waals surface area contributed by atoms with Crippen molar-refractivity contribution in [3.8, 4) is 22.8 Å². The van der Waals surface area contributed by atoms with Gasteiger partial charge in [0.25, 0.3) is 0 Å². The molecule has 1 aliphatic heterocycles. The SMILES string of the molecule is O=C(/C=C/c1ccc(-c2ccc(Cl)cc2Cl)o1)Nc1ccc2c(c1)OCCO2. The molecular formula is C21H15Cl2NO4. The molecule has 1 aliphatic rings. The first-order valence-electron chi connectivity index (χ1n) is 8.52. The molecule has 1 N–H and O–H groups in total. The summed E-state index contributed by atoms with van der Waals surface area (Å²) in [6.45, 7) is 1.01. The Kier molecular flexibility index (Phi) is 5.28. The number of anilines is 1. The Labute approximate surface area is 171 Å². The van der Waals surface area contributed by atoms with Crippen LogP contribution in [0.1, 0.15) is 5.76 Å². The second kappa shape index (κ2) is 8.00. The standard InChI is InChI=1S/C21H15Cl2NO4/c22-13-1-5-16(17(23)11-13)18-7-3-15(28-18)4-8-21(25)24-14-2-6-19-20(12-14)27-10-9-26-19/h1-8,11-12H,9-10H2,(H,24,25)/b8-4+. The van der Waals surface area contributed by atoms with Crippen molar-refractivity contribution in [3.05, 3.63) is 70.4 Å². The van der Waals surface area contributed by atoms with E-state index < -0.39 is 0 Å². The molecule has 28 heavy (non-hydrogen) atoms. The van der Waals surface area contributed by atoms with Gasteiger partial charge in [-0.25, -0.2) is 0 Å². The van der Waals surface area contributed by atoms with E-state index in [2.05, 4.69) is 5.32 Å². The number of carbonyl (C=O) groups is 1. The molecule has 4 rings (SSSR count). The van der Waals surface area contributed by atoms with E-state index in [4.69, 9.17) is 37.1 Å². The summed E-state index contributed by atoms with van der Waals surface area (Å²) in [7, 11) is 0. The van der Waals surface area contributed by atoms with Crippen LogP contribution in [0.4, 0.5) is 5.69 Å². The van der Waals surface area contributed by atoms with Crippen molar-refractivity contribution < 1.29 is 18.7 Å². The highest BCUT2D eigenvalue weighted by molar-refractivity contribution is 6.36. The zero-order valence-electron chi connectivity index (χ0n) is 14.6. The Balaban J connectivity index is 1.43. The van der Waals surface area contributed by atoms with Gasteiger partial charge in [-0.3, -0.25) is 4.79 Å². The molecule has 2 aromatic carbocycles. The molecule has 0 unspecified atom stereocenters. The summed E-state index contributed by atoms with van der Waals surface area (Å²) in [5, 5.41) is 3.82. The Morgan fingerprint density at radius 3 is 2.61 bits per heavy atom. The minimum absolute atomic E-state index is 0.292. The summed E-state index contributed by atoms with van der Waals surface area (Å²) in [5.74, 6) is 2.11. The zero-order valence-corrected chi connectivity index (χ0v) is 16.1. The van der Waals surface area contributed by atoms with E-state index in [1.165, 1.54) is 6.08 Å². The van der Waals surface area contributed by atoms with E-state index in [9.17, 15) is 4.79 Å². The molecule has 0 saturated carbocycles. The minimum atomic E-state index is -0.292. The lowest BCUT2D eigenvalue weighted by atomic mass is 10.2. The Morgan fingerprint density at radius 1 is 0.964 bits per heavy atom. The average Bonchev–Trinajstić information content (AvgIpc) is 3.15. The van der Waals surface area contributed by atoms with Crippen molar-refractivity contribution in [2.24, 2.45) is 0 Å². The van der Waals surface area contributed by atoms with Crippen molar-refractivity contribution in [2.75, 3.05) is 18.5 Å². The second-order valence-corrected chi connectivity index (χ2v) is 6.85. The number of hydrogen-bond acceptors (Lipinski definition) is 4. The molecule has 1 aromatic heterocycles. The van der Waals surface area contributed by atoms with Crippen molar-refractivity contribution in [3.63, 3.8) is 0 Å². The normalized spacial score (nSPS) is 12.9. The van der Waals surface area contributed by atoms with Crippen molar-refractivity contribution in [1.82, 2.24) is 0 Å². The molecule has 5 nitrogen and oxygen atoms in total. The fourth-order valence-electron chi connectivity index (χ4n) is 2.74. The van der Waals surface area contributed by atoms with E-state index in [0.717, 1.165) is 5.56 Å². The van der Waals surface area contributed by atoms with Crippen LogP contribution < -0.4 is 14.8 Å². The van der Waals surface area contributed by atoms with Crippen LogP contribution >= 0.6 is 23.2 Å². The lowest BCUT2D eigenvalue weighted by molar-refractivity contribution is -0.111. The number of nitrogens with one attached hydrogen (secondary N) is 1. The summed E-state index contributed by atoms with van der Waals surface area (Å²) >= 11 is 12.1. The lowest BCUT2D eigenvalue weighted by Crippen LogP contribution is -2.16. The third-order valence-corrected chi connectivity index (χ3v) is 4.58. The minimum Gasteiger partial charge on any atom is -0.486 e. The fourth-order valence-corrected chi connectivity index (χ4v) is 3.24. The number of benzene rings is 2. The third-order valence-electron chi connectivity index (χ3n) is 4.03. The van der Waals surface area contributed by atoms with Crippen LogP contribution in [-0.2, 0) is 4.79 Å². The molecule has 2 heterocycles. The maximum Gasteiger partial charge on any atom is 0.248 e. The van der Waals surface area contributed by atoms with Crippen molar-refractivity contribution in [1.29, 1.82) is 0 Å². The number of rotatable bonds is 4. The summed E-state index contributed by atoms with van der Waals surface area (Å²) in [4.78, 5) is 12.2. The highest BCUT2D eigenvalue weighted by Crippen LogP contribution is 2.33. The van der Waals surface area contributed by atoms with Crippen LogP contribution in [0.15, 0.2) is 59.0 Å². The number of halogens is 2. The molecule has 142 valence electrons. The lowest BCUT2D eigenvalue weighted by Gasteiger charge is -2.18. The third kappa shape index (κ3) is 4.16. The predicted octanol–water partition coefficient (Wildman–Crippen LogP) is 5.68. The Bertz CT molecular complexity index is 1060. The smallest absolute Gasteiger partial charge is 0.248 e. The quantitative estimate of drug-likeness (QED) is 0.557. The van der Waals surface area contributed by atoms with Crippen molar-refractivity contribution in [2.45, 2.75) is 0 Å². The first-order chi connectivity index (χ1) is 13.6. The predicted molar refractivity (Wildman–Crippen MR) is 109 cm³/mol. The summed E-state index contributed by atoms with van der Waals surface area (Å²) < 4.78 is 16.7. The molecular weight excluding hydrogens is 401 g/mol. The van der Waals surface area contributed by atoms with Crippen LogP contribution in [0.3, 0.4) is 0 Å². The van der Waals surface area contributed by atoms with Crippen LogP contribution in [0.5, 0.6) is 11.5 Å². The molecule has 7 heteroatoms. The second-order valence-electron chi connectivity index (χ2n) is 6.01. The summed E-state index contributed by atoms with van der Waals surface area (Å²) in [5.41, 5.74) is 1.35. The maximum absolute atomic E-state index is 12.2. The van der Waals surface area contributed by atoms with Crippen LogP contribution in [0, 0.1) is 0 Å².